The van der Waals surface area contributed by atoms with E-state index in [-0.39, 0.29) is 11.7 Å². The number of nitrogens with two attached hydrogens (primary N) is 1. The highest BCUT2D eigenvalue weighted by atomic mass is 35.5. The Bertz CT molecular complexity index is 991. The lowest BCUT2D eigenvalue weighted by Crippen LogP contribution is -2.42. The highest BCUT2D eigenvalue weighted by Gasteiger charge is 2.43. The number of allylic oxidation sites excluding steroid dienone is 2. The van der Waals surface area contributed by atoms with Crippen LogP contribution in [0.3, 0.4) is 0 Å². The van der Waals surface area contributed by atoms with Gasteiger partial charge in [0.2, 0.25) is 0 Å². The molecule has 0 fully saturated rings. The molecule has 0 bridgehead atoms. The zero-order chi connectivity index (χ0) is 21.3. The molecule has 2 heterocycles. The second kappa shape index (κ2) is 8.39. The summed E-state index contributed by atoms with van der Waals surface area (Å²) in [7, 11) is 1.54. The van der Waals surface area contributed by atoms with E-state index >= 15 is 0 Å². The normalized spacial score (nSPS) is 18.4. The van der Waals surface area contributed by atoms with Crippen LogP contribution in [0.25, 0.3) is 0 Å². The summed E-state index contributed by atoms with van der Waals surface area (Å²) in [4.78, 5) is 21.8. The molecular weight excluding hydrogens is 410 g/mol. The number of ether oxygens (including phenoxy) is 1. The fourth-order valence-electron chi connectivity index (χ4n) is 3.46. The van der Waals surface area contributed by atoms with E-state index in [1.165, 1.54) is 11.8 Å². The van der Waals surface area contributed by atoms with Gasteiger partial charge in [0.05, 0.1) is 29.4 Å². The third-order valence-electron chi connectivity index (χ3n) is 4.95. The number of carbonyl (C=O) groups excluding carboxylic acids is 1. The van der Waals surface area contributed by atoms with Crippen molar-refractivity contribution in [2.45, 2.75) is 26.8 Å². The number of likely N-dealkylation sites (N-methyl/N-ethyl adjacent to an activating group) is 1. The van der Waals surface area contributed by atoms with Crippen LogP contribution < -0.4 is 10.5 Å². The number of aliphatic imine (C=N–C) groups is 1. The van der Waals surface area contributed by atoms with Crippen LogP contribution in [0.4, 0.5) is 0 Å². The minimum absolute atomic E-state index is 0.115. The summed E-state index contributed by atoms with van der Waals surface area (Å²) in [5.41, 5.74) is 8.17. The van der Waals surface area contributed by atoms with Gasteiger partial charge in [-0.15, -0.1) is 0 Å². The third kappa shape index (κ3) is 3.56. The van der Waals surface area contributed by atoms with Crippen LogP contribution in [0.5, 0.6) is 5.75 Å². The average molecular weight is 432 g/mol. The molecule has 0 saturated carbocycles. The molecule has 0 saturated heterocycles. The van der Waals surface area contributed by atoms with Crippen molar-refractivity contribution in [1.82, 2.24) is 9.80 Å². The highest BCUT2D eigenvalue weighted by molar-refractivity contribution is 8.17. The monoisotopic (exact) mass is 431 g/mol. The van der Waals surface area contributed by atoms with Crippen molar-refractivity contribution in [3.63, 3.8) is 0 Å². The number of amidine groups is 1. The SMILES string of the molecule is CCN(CC)C(=O)C1=C(C)N=C2SC(C#N)=C(N)N2[C@H]1c1ccc(OC)c(Cl)c1. The van der Waals surface area contributed by atoms with Gasteiger partial charge in [-0.1, -0.05) is 17.7 Å². The van der Waals surface area contributed by atoms with Crippen LogP contribution in [0.2, 0.25) is 5.02 Å². The van der Waals surface area contributed by atoms with Crippen LogP contribution in [-0.2, 0) is 4.79 Å². The zero-order valence-electron chi connectivity index (χ0n) is 16.7. The van der Waals surface area contributed by atoms with Crippen molar-refractivity contribution < 1.29 is 9.53 Å². The van der Waals surface area contributed by atoms with E-state index < -0.39 is 6.04 Å². The summed E-state index contributed by atoms with van der Waals surface area (Å²) in [6.07, 6.45) is 0. The second-order valence-corrected chi connectivity index (χ2v) is 7.85. The van der Waals surface area contributed by atoms with Gasteiger partial charge in [0.25, 0.3) is 5.91 Å². The van der Waals surface area contributed by atoms with Gasteiger partial charge in [-0.2, -0.15) is 5.26 Å². The minimum atomic E-state index is -0.544. The van der Waals surface area contributed by atoms with E-state index in [1.54, 1.807) is 36.0 Å². The number of thioether (sulfide) groups is 1. The molecule has 1 amide bonds. The van der Waals surface area contributed by atoms with Gasteiger partial charge in [0.1, 0.15) is 22.5 Å². The van der Waals surface area contributed by atoms with E-state index in [9.17, 15) is 10.1 Å². The minimum Gasteiger partial charge on any atom is -0.495 e. The number of hydrogen-bond acceptors (Lipinski definition) is 7. The summed E-state index contributed by atoms with van der Waals surface area (Å²) in [6.45, 7) is 6.81. The number of amides is 1. The van der Waals surface area contributed by atoms with Crippen LogP contribution in [0.15, 0.2) is 45.2 Å². The van der Waals surface area contributed by atoms with Gasteiger partial charge in [-0.3, -0.25) is 9.69 Å². The Morgan fingerprint density at radius 3 is 2.69 bits per heavy atom. The molecule has 1 aromatic carbocycles. The molecule has 9 heteroatoms. The van der Waals surface area contributed by atoms with Crippen molar-refractivity contribution in [2.75, 3.05) is 20.2 Å². The fourth-order valence-corrected chi connectivity index (χ4v) is 4.65. The lowest BCUT2D eigenvalue weighted by Gasteiger charge is -2.37. The molecule has 2 aliphatic heterocycles. The Morgan fingerprint density at radius 2 is 2.14 bits per heavy atom. The van der Waals surface area contributed by atoms with Crippen molar-refractivity contribution >= 4 is 34.4 Å². The summed E-state index contributed by atoms with van der Waals surface area (Å²) < 4.78 is 5.26. The molecule has 3 rings (SSSR count). The van der Waals surface area contributed by atoms with E-state index in [1.807, 2.05) is 19.9 Å². The summed E-state index contributed by atoms with van der Waals surface area (Å²) in [5, 5.41) is 10.4. The number of methoxy groups -OCH3 is 1. The summed E-state index contributed by atoms with van der Waals surface area (Å²) in [5.74, 6) is 0.704. The third-order valence-corrected chi connectivity index (χ3v) is 6.22. The smallest absolute Gasteiger partial charge is 0.254 e. The molecule has 29 heavy (non-hydrogen) atoms. The van der Waals surface area contributed by atoms with Crippen molar-refractivity contribution in [1.29, 1.82) is 5.26 Å². The van der Waals surface area contributed by atoms with Gasteiger partial charge in [0, 0.05) is 13.1 Å². The number of nitriles is 1. The number of halogens is 1. The number of benzene rings is 1. The molecular formula is C20H22ClN5O2S. The van der Waals surface area contributed by atoms with E-state index in [0.717, 1.165) is 5.56 Å². The lowest BCUT2D eigenvalue weighted by atomic mass is 9.93. The predicted molar refractivity (Wildman–Crippen MR) is 115 cm³/mol. The Kier molecular flexibility index (Phi) is 6.10. The van der Waals surface area contributed by atoms with E-state index in [2.05, 4.69) is 11.1 Å². The maximum atomic E-state index is 13.4. The number of nitrogens with zero attached hydrogens (tertiary/aromatic N) is 4. The van der Waals surface area contributed by atoms with Gasteiger partial charge in [-0.25, -0.2) is 4.99 Å². The molecule has 2 aliphatic rings. The Hall–Kier alpha value is -2.63. The molecule has 0 radical (unpaired) electrons. The fraction of sp³-hybridized carbons (Fsp3) is 0.350. The zero-order valence-corrected chi connectivity index (χ0v) is 18.3. The number of fused-ring (bicyclic) bond motifs is 1. The largest absolute Gasteiger partial charge is 0.495 e. The topological polar surface area (TPSA) is 95.0 Å². The maximum Gasteiger partial charge on any atom is 0.254 e. The molecule has 152 valence electrons. The first kappa shape index (κ1) is 21.1. The van der Waals surface area contributed by atoms with E-state index in [0.29, 0.717) is 45.2 Å². The van der Waals surface area contributed by atoms with Crippen LogP contribution in [0, 0.1) is 11.3 Å². The maximum absolute atomic E-state index is 13.4. The first-order chi connectivity index (χ1) is 13.9. The second-order valence-electron chi connectivity index (χ2n) is 6.47. The summed E-state index contributed by atoms with van der Waals surface area (Å²) in [6, 6.07) is 6.94. The van der Waals surface area contributed by atoms with E-state index in [4.69, 9.17) is 22.1 Å². The Morgan fingerprint density at radius 1 is 1.45 bits per heavy atom. The average Bonchev–Trinajstić information content (AvgIpc) is 3.02. The number of carbonyl (C=O) groups is 1. The van der Waals surface area contributed by atoms with Crippen LogP contribution in [0.1, 0.15) is 32.4 Å². The molecule has 1 atom stereocenters. The Balaban J connectivity index is 2.21. The Labute approximate surface area is 179 Å². The quantitative estimate of drug-likeness (QED) is 0.765. The first-order valence-corrected chi connectivity index (χ1v) is 10.4. The molecule has 0 aliphatic carbocycles. The molecule has 0 spiro atoms. The van der Waals surface area contributed by atoms with Crippen LogP contribution in [-0.4, -0.2) is 41.1 Å². The number of hydrogen-bond donors (Lipinski definition) is 1. The van der Waals surface area contributed by atoms with Gasteiger partial charge in [-0.05, 0) is 50.2 Å². The van der Waals surface area contributed by atoms with Gasteiger partial charge in [0.15, 0.2) is 5.17 Å². The predicted octanol–water partition coefficient (Wildman–Crippen LogP) is 3.60. The lowest BCUT2D eigenvalue weighted by molar-refractivity contribution is -0.127. The molecule has 0 unspecified atom stereocenters. The highest BCUT2D eigenvalue weighted by Crippen LogP contribution is 2.46. The molecule has 2 N–H and O–H groups in total. The van der Waals surface area contributed by atoms with Crippen LogP contribution >= 0.6 is 23.4 Å². The molecule has 7 nitrogen and oxygen atoms in total. The van der Waals surface area contributed by atoms with Gasteiger partial charge >= 0.3 is 0 Å². The van der Waals surface area contributed by atoms with Crippen molar-refractivity contribution in [2.24, 2.45) is 10.7 Å². The van der Waals surface area contributed by atoms with Crippen molar-refractivity contribution in [3.05, 3.63) is 50.8 Å². The number of rotatable bonds is 5. The van der Waals surface area contributed by atoms with Gasteiger partial charge < -0.3 is 15.4 Å². The first-order valence-electron chi connectivity index (χ1n) is 9.16. The van der Waals surface area contributed by atoms with Crippen molar-refractivity contribution in [3.8, 4) is 11.8 Å². The molecule has 0 aromatic heterocycles. The molecule has 1 aromatic rings. The standard InChI is InChI=1S/C20H22ClN5O2S/c1-5-25(6-2)19(27)16-11(3)24-20-26(18(23)15(10-22)29-20)17(16)12-7-8-14(28-4)13(21)9-12/h7-9,17H,5-6,23H2,1-4H3/t17-/m0/s1. The summed E-state index contributed by atoms with van der Waals surface area (Å²) >= 11 is 7.58.